The second-order valence-electron chi connectivity index (χ2n) is 8.33. The lowest BCUT2D eigenvalue weighted by Gasteiger charge is -2.11. The number of carbonyl (C=O) groups excluding carboxylic acids is 1. The van der Waals surface area contributed by atoms with Crippen molar-refractivity contribution in [3.63, 3.8) is 0 Å². The van der Waals surface area contributed by atoms with Crippen molar-refractivity contribution < 1.29 is 14.5 Å². The Morgan fingerprint density at radius 3 is 2.29 bits per heavy atom. The molecule has 0 spiro atoms. The minimum atomic E-state index is -0.477. The van der Waals surface area contributed by atoms with Crippen LogP contribution in [0, 0.1) is 16.0 Å². The number of hydrogen-bond donors (Lipinski definition) is 0. The van der Waals surface area contributed by atoms with Crippen LogP contribution >= 0.6 is 0 Å². The van der Waals surface area contributed by atoms with E-state index in [0.29, 0.717) is 22.7 Å². The third-order valence-electron chi connectivity index (χ3n) is 5.58. The van der Waals surface area contributed by atoms with Gasteiger partial charge in [-0.05, 0) is 47.4 Å². The maximum absolute atomic E-state index is 13.4. The van der Waals surface area contributed by atoms with Gasteiger partial charge in [-0.15, -0.1) is 0 Å². The monoisotopic (exact) mass is 467 g/mol. The SMILES string of the molecule is COc1ccc(C=Cc2ccccc2)cc1C=C1C(=O)N(c2ccc([N+](=O)[O-])cc2)N=C1C(C)C. The van der Waals surface area contributed by atoms with E-state index >= 15 is 0 Å². The van der Waals surface area contributed by atoms with E-state index in [0.717, 1.165) is 16.7 Å². The molecule has 3 aromatic carbocycles. The molecular formula is C28H25N3O4. The highest BCUT2D eigenvalue weighted by Gasteiger charge is 2.33. The molecule has 7 heteroatoms. The minimum Gasteiger partial charge on any atom is -0.496 e. The van der Waals surface area contributed by atoms with Crippen LogP contribution in [0.3, 0.4) is 0 Å². The highest BCUT2D eigenvalue weighted by atomic mass is 16.6. The number of non-ortho nitro benzene ring substituents is 1. The number of nitrogens with zero attached hydrogens (tertiary/aromatic N) is 3. The Bertz CT molecular complexity index is 1340. The average Bonchev–Trinajstić information content (AvgIpc) is 3.19. The fourth-order valence-electron chi connectivity index (χ4n) is 3.76. The van der Waals surface area contributed by atoms with Crippen LogP contribution in [-0.2, 0) is 4.79 Å². The fourth-order valence-corrected chi connectivity index (χ4v) is 3.76. The summed E-state index contributed by atoms with van der Waals surface area (Å²) in [5.74, 6) is 0.328. The lowest BCUT2D eigenvalue weighted by atomic mass is 9.97. The first-order valence-electron chi connectivity index (χ1n) is 11.2. The van der Waals surface area contributed by atoms with E-state index in [1.807, 2.05) is 74.5 Å². The van der Waals surface area contributed by atoms with E-state index in [9.17, 15) is 14.9 Å². The molecule has 1 heterocycles. The molecule has 1 aliphatic rings. The number of amides is 1. The molecule has 3 aromatic rings. The molecule has 35 heavy (non-hydrogen) atoms. The van der Waals surface area contributed by atoms with Gasteiger partial charge in [0.1, 0.15) is 5.75 Å². The molecule has 7 nitrogen and oxygen atoms in total. The van der Waals surface area contributed by atoms with E-state index < -0.39 is 4.92 Å². The molecule has 176 valence electrons. The topological polar surface area (TPSA) is 85.0 Å². The molecular weight excluding hydrogens is 442 g/mol. The van der Waals surface area contributed by atoms with Crippen LogP contribution in [0.2, 0.25) is 0 Å². The number of rotatable bonds is 7. The van der Waals surface area contributed by atoms with Gasteiger partial charge in [0.05, 0.1) is 29.0 Å². The van der Waals surface area contributed by atoms with Gasteiger partial charge in [0.15, 0.2) is 0 Å². The summed E-state index contributed by atoms with van der Waals surface area (Å²) in [5.41, 5.74) is 4.32. The highest BCUT2D eigenvalue weighted by Crippen LogP contribution is 2.31. The van der Waals surface area contributed by atoms with Gasteiger partial charge in [-0.3, -0.25) is 14.9 Å². The molecule has 1 amide bonds. The number of methoxy groups -OCH3 is 1. The minimum absolute atomic E-state index is 0.0135. The van der Waals surface area contributed by atoms with Crippen LogP contribution in [0.5, 0.6) is 5.75 Å². The molecule has 1 aliphatic heterocycles. The zero-order valence-electron chi connectivity index (χ0n) is 19.7. The van der Waals surface area contributed by atoms with Crippen LogP contribution in [0.4, 0.5) is 11.4 Å². The van der Waals surface area contributed by atoms with Gasteiger partial charge in [-0.1, -0.05) is 62.4 Å². The van der Waals surface area contributed by atoms with Crippen LogP contribution in [0.25, 0.3) is 18.2 Å². The maximum Gasteiger partial charge on any atom is 0.280 e. The van der Waals surface area contributed by atoms with Crippen molar-refractivity contribution in [1.82, 2.24) is 0 Å². The Balaban J connectivity index is 1.70. The molecule has 0 saturated carbocycles. The molecule has 4 rings (SSSR count). The lowest BCUT2D eigenvalue weighted by molar-refractivity contribution is -0.384. The molecule has 0 unspecified atom stereocenters. The number of anilines is 1. The van der Waals surface area contributed by atoms with Gasteiger partial charge in [0.2, 0.25) is 0 Å². The number of hydrogen-bond acceptors (Lipinski definition) is 5. The third kappa shape index (κ3) is 5.19. The normalized spacial score (nSPS) is 14.7. The first-order chi connectivity index (χ1) is 16.9. The quantitative estimate of drug-likeness (QED) is 0.179. The number of ether oxygens (including phenoxy) is 1. The zero-order valence-corrected chi connectivity index (χ0v) is 19.7. The summed E-state index contributed by atoms with van der Waals surface area (Å²) in [4.78, 5) is 23.9. The molecule has 0 saturated heterocycles. The molecule has 0 N–H and O–H groups in total. The summed E-state index contributed by atoms with van der Waals surface area (Å²) in [7, 11) is 1.59. The standard InChI is InChI=1S/C28H25N3O4/c1-19(2)27-25(28(32)30(29-27)23-12-14-24(15-13-23)31(33)34)18-22-17-21(11-16-26(22)35-3)10-9-20-7-5-4-6-8-20/h4-19H,1-3H3. The van der Waals surface area contributed by atoms with Crippen LogP contribution in [0.1, 0.15) is 30.5 Å². The maximum atomic E-state index is 13.4. The average molecular weight is 468 g/mol. The van der Waals surface area contributed by atoms with Gasteiger partial charge in [-0.2, -0.15) is 10.1 Å². The van der Waals surface area contributed by atoms with Gasteiger partial charge >= 0.3 is 0 Å². The highest BCUT2D eigenvalue weighted by molar-refractivity contribution is 6.33. The first kappa shape index (κ1) is 23.6. The van der Waals surface area contributed by atoms with Crippen molar-refractivity contribution in [1.29, 1.82) is 0 Å². The molecule has 0 fully saturated rings. The van der Waals surface area contributed by atoms with E-state index in [1.54, 1.807) is 13.2 Å². The van der Waals surface area contributed by atoms with Gasteiger partial charge in [-0.25, -0.2) is 0 Å². The van der Waals surface area contributed by atoms with Crippen LogP contribution in [-0.4, -0.2) is 23.7 Å². The summed E-state index contributed by atoms with van der Waals surface area (Å²) in [6, 6.07) is 21.6. The van der Waals surface area contributed by atoms with Crippen molar-refractivity contribution in [3.05, 3.63) is 105 Å². The number of benzene rings is 3. The van der Waals surface area contributed by atoms with Crippen molar-refractivity contribution in [2.45, 2.75) is 13.8 Å². The second kappa shape index (κ2) is 10.2. The summed E-state index contributed by atoms with van der Waals surface area (Å²) < 4.78 is 5.55. The summed E-state index contributed by atoms with van der Waals surface area (Å²) >= 11 is 0. The van der Waals surface area contributed by atoms with E-state index in [2.05, 4.69) is 5.10 Å². The molecule has 0 aromatic heterocycles. The summed E-state index contributed by atoms with van der Waals surface area (Å²) in [6.07, 6.45) is 5.83. The van der Waals surface area contributed by atoms with E-state index in [-0.39, 0.29) is 17.5 Å². The van der Waals surface area contributed by atoms with Crippen molar-refractivity contribution in [2.75, 3.05) is 12.1 Å². The van der Waals surface area contributed by atoms with Gasteiger partial charge in [0, 0.05) is 17.7 Å². The predicted octanol–water partition coefficient (Wildman–Crippen LogP) is 6.22. The summed E-state index contributed by atoms with van der Waals surface area (Å²) in [6.45, 7) is 3.94. The van der Waals surface area contributed by atoms with Crippen molar-refractivity contribution in [3.8, 4) is 5.75 Å². The predicted molar refractivity (Wildman–Crippen MR) is 139 cm³/mol. The van der Waals surface area contributed by atoms with E-state index in [4.69, 9.17) is 4.74 Å². The van der Waals surface area contributed by atoms with Gasteiger partial charge < -0.3 is 4.74 Å². The van der Waals surface area contributed by atoms with Crippen molar-refractivity contribution in [2.24, 2.45) is 11.0 Å². The Hall–Kier alpha value is -4.52. The smallest absolute Gasteiger partial charge is 0.280 e. The molecule has 0 bridgehead atoms. The number of carbonyl (C=O) groups is 1. The zero-order chi connectivity index (χ0) is 24.9. The van der Waals surface area contributed by atoms with Gasteiger partial charge in [0.25, 0.3) is 11.6 Å². The third-order valence-corrected chi connectivity index (χ3v) is 5.58. The molecule has 0 radical (unpaired) electrons. The van der Waals surface area contributed by atoms with Crippen LogP contribution < -0.4 is 9.75 Å². The molecule has 0 atom stereocenters. The summed E-state index contributed by atoms with van der Waals surface area (Å²) in [5, 5.41) is 16.8. The molecule has 0 aliphatic carbocycles. The first-order valence-corrected chi connectivity index (χ1v) is 11.2. The Kier molecular flexibility index (Phi) is 6.87. The second-order valence-corrected chi connectivity index (χ2v) is 8.33. The Morgan fingerprint density at radius 2 is 1.66 bits per heavy atom. The van der Waals surface area contributed by atoms with Crippen LogP contribution in [0.15, 0.2) is 83.5 Å². The Morgan fingerprint density at radius 1 is 0.971 bits per heavy atom. The number of hydrazone groups is 1. The van der Waals surface area contributed by atoms with Crippen molar-refractivity contribution >= 4 is 41.2 Å². The fraction of sp³-hybridized carbons (Fsp3) is 0.143. The number of nitro benzene ring substituents is 1. The largest absolute Gasteiger partial charge is 0.496 e. The lowest BCUT2D eigenvalue weighted by Crippen LogP contribution is -2.21. The van der Waals surface area contributed by atoms with E-state index in [1.165, 1.54) is 29.3 Å². The number of nitro groups is 1. The Labute approximate surface area is 203 Å².